The monoisotopic (exact) mass is 257 g/mol. The van der Waals surface area contributed by atoms with Gasteiger partial charge in [-0.05, 0) is 12.0 Å². The van der Waals surface area contributed by atoms with Crippen LogP contribution >= 0.6 is 0 Å². The van der Waals surface area contributed by atoms with E-state index in [1.807, 2.05) is 18.2 Å². The normalized spacial score (nSPS) is 15.2. The molecule has 2 heterocycles. The lowest BCUT2D eigenvalue weighted by Crippen LogP contribution is -2.30. The Morgan fingerprint density at radius 1 is 1.32 bits per heavy atom. The van der Waals surface area contributed by atoms with Crippen molar-refractivity contribution < 1.29 is 14.3 Å². The number of nitrogens with zero attached hydrogens (tertiary/aromatic N) is 1. The molecule has 0 amide bonds. The van der Waals surface area contributed by atoms with Crippen molar-refractivity contribution >= 4 is 5.97 Å². The summed E-state index contributed by atoms with van der Waals surface area (Å²) in [6.07, 6.45) is 2.10. The lowest BCUT2D eigenvalue weighted by atomic mass is 10.0. The van der Waals surface area contributed by atoms with E-state index in [4.69, 9.17) is 9.52 Å². The van der Waals surface area contributed by atoms with Crippen LogP contribution in [-0.2, 0) is 19.5 Å². The van der Waals surface area contributed by atoms with Crippen molar-refractivity contribution in [1.29, 1.82) is 0 Å². The van der Waals surface area contributed by atoms with Crippen LogP contribution in [0.1, 0.15) is 27.2 Å². The number of carboxylic acids is 1. The first-order valence-corrected chi connectivity index (χ1v) is 6.33. The Hall–Kier alpha value is -2.07. The predicted octanol–water partition coefficient (Wildman–Crippen LogP) is 2.54. The summed E-state index contributed by atoms with van der Waals surface area (Å²) in [6, 6.07) is 10.3. The molecule has 0 bridgehead atoms. The van der Waals surface area contributed by atoms with E-state index in [1.165, 1.54) is 11.8 Å². The number of furan rings is 1. The first-order valence-electron chi connectivity index (χ1n) is 6.33. The molecule has 1 aromatic heterocycles. The summed E-state index contributed by atoms with van der Waals surface area (Å²) in [7, 11) is 0. The van der Waals surface area contributed by atoms with Crippen molar-refractivity contribution in [1.82, 2.24) is 4.90 Å². The van der Waals surface area contributed by atoms with Gasteiger partial charge in [0.15, 0.2) is 0 Å². The van der Waals surface area contributed by atoms with Gasteiger partial charge in [0, 0.05) is 18.7 Å². The Labute approximate surface area is 111 Å². The van der Waals surface area contributed by atoms with Gasteiger partial charge in [-0.3, -0.25) is 4.90 Å². The molecule has 0 spiro atoms. The highest BCUT2D eigenvalue weighted by Crippen LogP contribution is 2.25. The van der Waals surface area contributed by atoms with Crippen LogP contribution in [0.2, 0.25) is 0 Å². The number of benzene rings is 1. The molecular weight excluding hydrogens is 242 g/mol. The average Bonchev–Trinajstić information content (AvgIpc) is 2.83. The van der Waals surface area contributed by atoms with Crippen molar-refractivity contribution in [2.45, 2.75) is 19.5 Å². The largest absolute Gasteiger partial charge is 0.478 e. The number of rotatable bonds is 3. The van der Waals surface area contributed by atoms with Gasteiger partial charge >= 0.3 is 5.97 Å². The second-order valence-electron chi connectivity index (χ2n) is 4.80. The molecule has 0 saturated carbocycles. The van der Waals surface area contributed by atoms with Crippen LogP contribution in [0.15, 0.2) is 41.0 Å². The van der Waals surface area contributed by atoms with Gasteiger partial charge in [-0.1, -0.05) is 30.3 Å². The zero-order valence-corrected chi connectivity index (χ0v) is 10.5. The number of hydrogen-bond donors (Lipinski definition) is 1. The molecule has 1 N–H and O–H groups in total. The molecule has 1 aromatic carbocycles. The summed E-state index contributed by atoms with van der Waals surface area (Å²) in [5.41, 5.74) is 2.43. The topological polar surface area (TPSA) is 53.7 Å². The number of carboxylic acid groups (broad SMARTS) is 1. The van der Waals surface area contributed by atoms with E-state index < -0.39 is 5.97 Å². The van der Waals surface area contributed by atoms with Crippen LogP contribution in [0.3, 0.4) is 0 Å². The average molecular weight is 257 g/mol. The zero-order chi connectivity index (χ0) is 13.2. The van der Waals surface area contributed by atoms with E-state index in [2.05, 4.69) is 17.0 Å². The Morgan fingerprint density at radius 2 is 2.11 bits per heavy atom. The molecule has 4 heteroatoms. The highest BCUT2D eigenvalue weighted by Gasteiger charge is 2.25. The molecule has 0 fully saturated rings. The minimum absolute atomic E-state index is 0.314. The number of aromatic carboxylic acids is 1. The molecule has 4 nitrogen and oxygen atoms in total. The molecule has 2 aromatic rings. The van der Waals surface area contributed by atoms with Crippen molar-refractivity contribution in [2.24, 2.45) is 0 Å². The lowest BCUT2D eigenvalue weighted by molar-refractivity contribution is 0.0694. The van der Waals surface area contributed by atoms with E-state index in [0.29, 0.717) is 12.1 Å². The number of carbonyl (C=O) groups is 1. The van der Waals surface area contributed by atoms with Crippen LogP contribution in [0, 0.1) is 0 Å². The van der Waals surface area contributed by atoms with Crippen LogP contribution in [0.4, 0.5) is 0 Å². The minimum atomic E-state index is -0.901. The summed E-state index contributed by atoms with van der Waals surface area (Å²) in [4.78, 5) is 13.3. The van der Waals surface area contributed by atoms with Crippen LogP contribution < -0.4 is 0 Å². The lowest BCUT2D eigenvalue weighted by Gasteiger charge is -2.26. The van der Waals surface area contributed by atoms with Crippen molar-refractivity contribution in [3.63, 3.8) is 0 Å². The fourth-order valence-electron chi connectivity index (χ4n) is 2.54. The smallest absolute Gasteiger partial charge is 0.339 e. The Bertz CT molecular complexity index is 589. The molecule has 0 aliphatic carbocycles. The third-order valence-corrected chi connectivity index (χ3v) is 3.51. The maximum Gasteiger partial charge on any atom is 0.339 e. The number of fused-ring (bicyclic) bond motifs is 1. The molecular formula is C15H15NO3. The van der Waals surface area contributed by atoms with Gasteiger partial charge < -0.3 is 9.52 Å². The summed E-state index contributed by atoms with van der Waals surface area (Å²) < 4.78 is 5.39. The molecule has 0 radical (unpaired) electrons. The van der Waals surface area contributed by atoms with Crippen LogP contribution in [-0.4, -0.2) is 22.5 Å². The highest BCUT2D eigenvalue weighted by molar-refractivity contribution is 5.89. The Kier molecular flexibility index (Phi) is 3.09. The third kappa shape index (κ3) is 2.39. The maximum absolute atomic E-state index is 11.0. The highest BCUT2D eigenvalue weighted by atomic mass is 16.4. The Morgan fingerprint density at radius 3 is 2.84 bits per heavy atom. The van der Waals surface area contributed by atoms with Gasteiger partial charge in [-0.2, -0.15) is 0 Å². The molecule has 1 aliphatic heterocycles. The van der Waals surface area contributed by atoms with E-state index in [1.54, 1.807) is 0 Å². The fraction of sp³-hybridized carbons (Fsp3) is 0.267. The second kappa shape index (κ2) is 4.90. The van der Waals surface area contributed by atoms with Crippen molar-refractivity contribution in [2.75, 3.05) is 6.54 Å². The van der Waals surface area contributed by atoms with E-state index in [9.17, 15) is 4.79 Å². The van der Waals surface area contributed by atoms with E-state index >= 15 is 0 Å². The quantitative estimate of drug-likeness (QED) is 0.918. The van der Waals surface area contributed by atoms with Gasteiger partial charge in [0.2, 0.25) is 0 Å². The van der Waals surface area contributed by atoms with Gasteiger partial charge in [0.25, 0.3) is 0 Å². The maximum atomic E-state index is 11.0. The summed E-state index contributed by atoms with van der Waals surface area (Å²) in [5.74, 6) is -0.110. The molecule has 0 unspecified atom stereocenters. The standard InChI is InChI=1S/C15H15NO3/c17-15(18)13-10-19-14-9-16(7-6-12(13)14)8-11-4-2-1-3-5-11/h1-5,10H,6-9H2,(H,17,18). The predicted molar refractivity (Wildman–Crippen MR) is 69.9 cm³/mol. The van der Waals surface area contributed by atoms with Gasteiger partial charge in [0.05, 0.1) is 6.54 Å². The van der Waals surface area contributed by atoms with Gasteiger partial charge in [-0.25, -0.2) is 4.79 Å². The van der Waals surface area contributed by atoms with Gasteiger partial charge in [0.1, 0.15) is 17.6 Å². The summed E-state index contributed by atoms with van der Waals surface area (Å²) in [6.45, 7) is 2.41. The Balaban J connectivity index is 1.74. The van der Waals surface area contributed by atoms with E-state index in [0.717, 1.165) is 30.8 Å². The van der Waals surface area contributed by atoms with Crippen molar-refractivity contribution in [3.8, 4) is 0 Å². The SMILES string of the molecule is O=C(O)c1coc2c1CCN(Cc1ccccc1)C2. The summed E-state index contributed by atoms with van der Waals surface area (Å²) >= 11 is 0. The summed E-state index contributed by atoms with van der Waals surface area (Å²) in [5, 5.41) is 9.06. The first-order chi connectivity index (χ1) is 9.24. The fourth-order valence-corrected chi connectivity index (χ4v) is 2.54. The second-order valence-corrected chi connectivity index (χ2v) is 4.80. The van der Waals surface area contributed by atoms with Crippen molar-refractivity contribution in [3.05, 3.63) is 59.0 Å². The minimum Gasteiger partial charge on any atom is -0.478 e. The molecule has 3 rings (SSSR count). The van der Waals surface area contributed by atoms with Crippen LogP contribution in [0.25, 0.3) is 0 Å². The molecule has 98 valence electrons. The third-order valence-electron chi connectivity index (χ3n) is 3.51. The van der Waals surface area contributed by atoms with E-state index in [-0.39, 0.29) is 0 Å². The van der Waals surface area contributed by atoms with Crippen LogP contribution in [0.5, 0.6) is 0 Å². The molecule has 19 heavy (non-hydrogen) atoms. The molecule has 0 atom stereocenters. The van der Waals surface area contributed by atoms with Gasteiger partial charge in [-0.15, -0.1) is 0 Å². The number of hydrogen-bond acceptors (Lipinski definition) is 3. The molecule has 0 saturated heterocycles. The first kappa shape index (κ1) is 12.0. The molecule has 1 aliphatic rings. The zero-order valence-electron chi connectivity index (χ0n) is 10.5.